The Kier molecular flexibility index (Phi) is 3.82. The number of aliphatic carboxylic acids is 1. The standard InChI is InChI=1S/C16H16N2O4/c1-18-10-12(4-6-15(19)20)16(17-18)11-3-5-13-14(9-11)22-8-2-7-21-13/h3-6,9-10H,2,7-8H2,1H3,(H,19,20)/p-1/b6-4+. The second-order valence-electron chi connectivity index (χ2n) is 4.97. The predicted molar refractivity (Wildman–Crippen MR) is 78.3 cm³/mol. The van der Waals surface area contributed by atoms with Crippen molar-refractivity contribution >= 4 is 12.0 Å². The molecule has 2 heterocycles. The van der Waals surface area contributed by atoms with Gasteiger partial charge in [0.2, 0.25) is 0 Å². The molecule has 0 aliphatic carbocycles. The molecule has 1 aliphatic heterocycles. The van der Waals surface area contributed by atoms with Gasteiger partial charge in [-0.1, -0.05) is 0 Å². The summed E-state index contributed by atoms with van der Waals surface area (Å²) >= 11 is 0. The number of carboxylic acids is 1. The molecule has 0 bridgehead atoms. The van der Waals surface area contributed by atoms with Crippen LogP contribution in [0.25, 0.3) is 17.3 Å². The number of hydrogen-bond acceptors (Lipinski definition) is 5. The fourth-order valence-electron chi connectivity index (χ4n) is 2.32. The predicted octanol–water partition coefficient (Wildman–Crippen LogP) is 1.01. The molecule has 1 aliphatic rings. The third-order valence-electron chi connectivity index (χ3n) is 3.28. The monoisotopic (exact) mass is 299 g/mol. The van der Waals surface area contributed by atoms with Crippen LogP contribution in [0.2, 0.25) is 0 Å². The Bertz CT molecular complexity index is 734. The van der Waals surface area contributed by atoms with Crippen molar-refractivity contribution in [3.63, 3.8) is 0 Å². The first-order valence-electron chi connectivity index (χ1n) is 6.96. The first-order valence-corrected chi connectivity index (χ1v) is 6.96. The highest BCUT2D eigenvalue weighted by molar-refractivity contribution is 5.86. The van der Waals surface area contributed by atoms with Crippen LogP contribution >= 0.6 is 0 Å². The summed E-state index contributed by atoms with van der Waals surface area (Å²) in [5.74, 6) is 0.146. The molecule has 6 nitrogen and oxygen atoms in total. The zero-order valence-electron chi connectivity index (χ0n) is 12.1. The van der Waals surface area contributed by atoms with Crippen LogP contribution < -0.4 is 14.6 Å². The Morgan fingerprint density at radius 1 is 1.32 bits per heavy atom. The van der Waals surface area contributed by atoms with Crippen molar-refractivity contribution < 1.29 is 19.4 Å². The SMILES string of the molecule is Cn1cc(/C=C/C(=O)[O-])c(-c2ccc3c(c2)OCCCO3)n1. The zero-order chi connectivity index (χ0) is 15.5. The van der Waals surface area contributed by atoms with Gasteiger partial charge in [0, 0.05) is 30.8 Å². The summed E-state index contributed by atoms with van der Waals surface area (Å²) in [4.78, 5) is 10.6. The lowest BCUT2D eigenvalue weighted by atomic mass is 10.1. The van der Waals surface area contributed by atoms with Gasteiger partial charge in [-0.05, 0) is 30.4 Å². The van der Waals surface area contributed by atoms with Gasteiger partial charge < -0.3 is 19.4 Å². The van der Waals surface area contributed by atoms with Crippen molar-refractivity contribution in [1.29, 1.82) is 0 Å². The lowest BCUT2D eigenvalue weighted by Crippen LogP contribution is -2.18. The maximum absolute atomic E-state index is 10.6. The molecule has 0 saturated carbocycles. The average Bonchev–Trinajstić information content (AvgIpc) is 2.71. The number of carbonyl (C=O) groups excluding carboxylic acids is 1. The van der Waals surface area contributed by atoms with Crippen LogP contribution in [-0.2, 0) is 11.8 Å². The van der Waals surface area contributed by atoms with Crippen molar-refractivity contribution in [2.24, 2.45) is 7.05 Å². The number of nitrogens with zero attached hydrogens (tertiary/aromatic N) is 2. The Morgan fingerprint density at radius 3 is 2.86 bits per heavy atom. The molecule has 22 heavy (non-hydrogen) atoms. The van der Waals surface area contributed by atoms with Gasteiger partial charge >= 0.3 is 0 Å². The molecule has 0 spiro atoms. The second-order valence-corrected chi connectivity index (χ2v) is 4.97. The summed E-state index contributed by atoms with van der Waals surface area (Å²) in [7, 11) is 1.78. The second kappa shape index (κ2) is 5.93. The molecule has 0 atom stereocenters. The van der Waals surface area contributed by atoms with E-state index in [-0.39, 0.29) is 0 Å². The number of benzene rings is 1. The van der Waals surface area contributed by atoms with E-state index in [0.717, 1.165) is 18.1 Å². The summed E-state index contributed by atoms with van der Waals surface area (Å²) in [5, 5.41) is 15.0. The van der Waals surface area contributed by atoms with E-state index in [1.165, 1.54) is 6.08 Å². The lowest BCUT2D eigenvalue weighted by molar-refractivity contribution is -0.297. The number of ether oxygens (including phenoxy) is 2. The molecule has 114 valence electrons. The largest absolute Gasteiger partial charge is 0.545 e. The molecule has 0 unspecified atom stereocenters. The quantitative estimate of drug-likeness (QED) is 0.791. The molecule has 0 amide bonds. The normalized spacial score (nSPS) is 14.0. The lowest BCUT2D eigenvalue weighted by Gasteiger charge is -2.08. The minimum Gasteiger partial charge on any atom is -0.545 e. The highest BCUT2D eigenvalue weighted by atomic mass is 16.5. The summed E-state index contributed by atoms with van der Waals surface area (Å²) in [6.45, 7) is 1.24. The van der Waals surface area contributed by atoms with Crippen LogP contribution in [0, 0.1) is 0 Å². The third-order valence-corrected chi connectivity index (χ3v) is 3.28. The van der Waals surface area contributed by atoms with Gasteiger partial charge in [-0.2, -0.15) is 5.10 Å². The Labute approximate surface area is 127 Å². The van der Waals surface area contributed by atoms with Crippen molar-refractivity contribution in [2.45, 2.75) is 6.42 Å². The van der Waals surface area contributed by atoms with E-state index < -0.39 is 5.97 Å². The topological polar surface area (TPSA) is 76.4 Å². The third kappa shape index (κ3) is 2.95. The van der Waals surface area contributed by atoms with E-state index in [4.69, 9.17) is 9.47 Å². The number of aryl methyl sites for hydroxylation is 1. The smallest absolute Gasteiger partial charge is 0.161 e. The molecule has 6 heteroatoms. The van der Waals surface area contributed by atoms with E-state index in [2.05, 4.69) is 5.10 Å². The molecule has 0 fully saturated rings. The summed E-state index contributed by atoms with van der Waals surface area (Å²) in [6, 6.07) is 5.59. The van der Waals surface area contributed by atoms with Gasteiger partial charge in [-0.25, -0.2) is 0 Å². The van der Waals surface area contributed by atoms with Crippen LogP contribution in [-0.4, -0.2) is 29.0 Å². The maximum Gasteiger partial charge on any atom is 0.161 e. The molecular formula is C16H15N2O4-. The van der Waals surface area contributed by atoms with E-state index >= 15 is 0 Å². The molecular weight excluding hydrogens is 284 g/mol. The molecule has 0 saturated heterocycles. The molecule has 0 radical (unpaired) electrons. The van der Waals surface area contributed by atoms with Crippen molar-refractivity contribution in [3.05, 3.63) is 36.0 Å². The van der Waals surface area contributed by atoms with Gasteiger partial charge in [-0.3, -0.25) is 4.68 Å². The van der Waals surface area contributed by atoms with Gasteiger partial charge in [0.05, 0.1) is 24.9 Å². The van der Waals surface area contributed by atoms with Crippen LogP contribution in [0.3, 0.4) is 0 Å². The van der Waals surface area contributed by atoms with E-state index in [0.29, 0.717) is 36.0 Å². The molecule has 3 rings (SSSR count). The maximum atomic E-state index is 10.6. The Morgan fingerprint density at radius 2 is 2.09 bits per heavy atom. The minimum atomic E-state index is -1.24. The zero-order valence-corrected chi connectivity index (χ0v) is 12.1. The number of carbonyl (C=O) groups is 1. The van der Waals surface area contributed by atoms with Gasteiger partial charge in [0.15, 0.2) is 11.5 Å². The fourth-order valence-corrected chi connectivity index (χ4v) is 2.32. The molecule has 0 N–H and O–H groups in total. The van der Waals surface area contributed by atoms with Crippen LogP contribution in [0.4, 0.5) is 0 Å². The van der Waals surface area contributed by atoms with E-state index in [1.54, 1.807) is 17.9 Å². The Balaban J connectivity index is 2.01. The number of aromatic nitrogens is 2. The van der Waals surface area contributed by atoms with Crippen molar-refractivity contribution in [3.8, 4) is 22.8 Å². The molecule has 2 aromatic rings. The minimum absolute atomic E-state index is 0.607. The number of carboxylic acid groups (broad SMARTS) is 1. The average molecular weight is 299 g/mol. The molecule has 1 aromatic heterocycles. The highest BCUT2D eigenvalue weighted by Crippen LogP contribution is 2.34. The van der Waals surface area contributed by atoms with Gasteiger partial charge in [0.1, 0.15) is 0 Å². The first kappa shape index (κ1) is 14.2. The van der Waals surface area contributed by atoms with Crippen LogP contribution in [0.15, 0.2) is 30.5 Å². The fraction of sp³-hybridized carbons (Fsp3) is 0.250. The summed E-state index contributed by atoms with van der Waals surface area (Å²) in [6.07, 6.45) is 5.05. The number of hydrogen-bond donors (Lipinski definition) is 0. The molecule has 1 aromatic carbocycles. The van der Waals surface area contributed by atoms with Gasteiger partial charge in [-0.15, -0.1) is 0 Å². The number of fused-ring (bicyclic) bond motifs is 1. The van der Waals surface area contributed by atoms with E-state index in [9.17, 15) is 9.90 Å². The van der Waals surface area contributed by atoms with Crippen LogP contribution in [0.5, 0.6) is 11.5 Å². The first-order chi connectivity index (χ1) is 10.6. The Hall–Kier alpha value is -2.76. The van der Waals surface area contributed by atoms with Crippen LogP contribution in [0.1, 0.15) is 12.0 Å². The van der Waals surface area contributed by atoms with Crippen molar-refractivity contribution in [1.82, 2.24) is 9.78 Å². The van der Waals surface area contributed by atoms with Crippen molar-refractivity contribution in [2.75, 3.05) is 13.2 Å². The summed E-state index contributed by atoms with van der Waals surface area (Å²) in [5.41, 5.74) is 2.21. The van der Waals surface area contributed by atoms with Gasteiger partial charge in [0.25, 0.3) is 0 Å². The summed E-state index contributed by atoms with van der Waals surface area (Å²) < 4.78 is 12.9. The highest BCUT2D eigenvalue weighted by Gasteiger charge is 2.14. The number of rotatable bonds is 3. The van der Waals surface area contributed by atoms with E-state index in [1.807, 2.05) is 18.2 Å².